The van der Waals surface area contributed by atoms with E-state index in [1.807, 2.05) is 11.8 Å². The second-order valence-electron chi connectivity index (χ2n) is 4.32. The molecule has 0 aliphatic carbocycles. The minimum Gasteiger partial charge on any atom is -0.465 e. The normalized spacial score (nSPS) is 18.4. The molecular formula is C12H18N4O2. The van der Waals surface area contributed by atoms with Crippen LogP contribution < -0.4 is 10.6 Å². The van der Waals surface area contributed by atoms with Gasteiger partial charge in [0.05, 0.1) is 6.61 Å². The fourth-order valence-electron chi connectivity index (χ4n) is 2.05. The first-order chi connectivity index (χ1) is 8.61. The standard InChI is InChI=1S/C12H18N4O2/c1-3-18-11(17)7-16-5-4-10(13)9-6-14-8(2)15-12(9)16/h6,10H,3-5,7,13H2,1-2H3. The van der Waals surface area contributed by atoms with Gasteiger partial charge >= 0.3 is 5.97 Å². The maximum absolute atomic E-state index is 11.5. The largest absolute Gasteiger partial charge is 0.465 e. The van der Waals surface area contributed by atoms with Crippen LogP contribution in [-0.4, -0.2) is 35.6 Å². The van der Waals surface area contributed by atoms with Crippen LogP contribution in [-0.2, 0) is 9.53 Å². The average molecular weight is 250 g/mol. The Labute approximate surface area is 106 Å². The average Bonchev–Trinajstić information content (AvgIpc) is 2.33. The van der Waals surface area contributed by atoms with Crippen molar-refractivity contribution in [1.29, 1.82) is 0 Å². The topological polar surface area (TPSA) is 81.3 Å². The zero-order valence-electron chi connectivity index (χ0n) is 10.7. The molecule has 0 spiro atoms. The molecule has 1 aliphatic rings. The Morgan fingerprint density at radius 2 is 2.44 bits per heavy atom. The Bertz CT molecular complexity index is 450. The second kappa shape index (κ2) is 5.30. The third-order valence-electron chi connectivity index (χ3n) is 2.95. The SMILES string of the molecule is CCOC(=O)CN1CCC(N)c2cnc(C)nc21. The molecule has 0 saturated carbocycles. The van der Waals surface area contributed by atoms with E-state index in [0.717, 1.165) is 17.8 Å². The van der Waals surface area contributed by atoms with E-state index >= 15 is 0 Å². The van der Waals surface area contributed by atoms with Gasteiger partial charge in [-0.25, -0.2) is 9.97 Å². The lowest BCUT2D eigenvalue weighted by molar-refractivity contribution is -0.141. The number of rotatable bonds is 3. The minimum absolute atomic E-state index is 0.0564. The van der Waals surface area contributed by atoms with Gasteiger partial charge in [0.1, 0.15) is 18.2 Å². The van der Waals surface area contributed by atoms with Crippen molar-refractivity contribution in [3.05, 3.63) is 17.6 Å². The van der Waals surface area contributed by atoms with Gasteiger partial charge in [0, 0.05) is 24.3 Å². The number of esters is 1. The van der Waals surface area contributed by atoms with Crippen LogP contribution in [0, 0.1) is 6.92 Å². The van der Waals surface area contributed by atoms with Crippen LogP contribution in [0.15, 0.2) is 6.20 Å². The number of hydrogen-bond acceptors (Lipinski definition) is 6. The number of carbonyl (C=O) groups excluding carboxylic acids is 1. The fourth-order valence-corrected chi connectivity index (χ4v) is 2.05. The molecule has 6 nitrogen and oxygen atoms in total. The lowest BCUT2D eigenvalue weighted by Gasteiger charge is -2.32. The molecule has 0 aromatic carbocycles. The molecule has 1 atom stereocenters. The predicted molar refractivity (Wildman–Crippen MR) is 67.2 cm³/mol. The molecular weight excluding hydrogens is 232 g/mol. The van der Waals surface area contributed by atoms with Crippen LogP contribution in [0.5, 0.6) is 0 Å². The van der Waals surface area contributed by atoms with Crippen molar-refractivity contribution < 1.29 is 9.53 Å². The van der Waals surface area contributed by atoms with Gasteiger partial charge < -0.3 is 15.4 Å². The van der Waals surface area contributed by atoms with Crippen molar-refractivity contribution in [3.8, 4) is 0 Å². The number of ether oxygens (including phenoxy) is 1. The van der Waals surface area contributed by atoms with Crippen molar-refractivity contribution in [2.45, 2.75) is 26.3 Å². The number of carbonyl (C=O) groups is 1. The molecule has 98 valence electrons. The zero-order chi connectivity index (χ0) is 13.1. The summed E-state index contributed by atoms with van der Waals surface area (Å²) in [6.45, 7) is 4.93. The molecule has 18 heavy (non-hydrogen) atoms. The van der Waals surface area contributed by atoms with E-state index in [1.54, 1.807) is 13.1 Å². The fraction of sp³-hybridized carbons (Fsp3) is 0.583. The van der Waals surface area contributed by atoms with E-state index in [4.69, 9.17) is 10.5 Å². The minimum atomic E-state index is -0.241. The van der Waals surface area contributed by atoms with Crippen molar-refractivity contribution in [2.75, 3.05) is 24.6 Å². The zero-order valence-corrected chi connectivity index (χ0v) is 10.7. The van der Waals surface area contributed by atoms with Crippen molar-refractivity contribution in [3.63, 3.8) is 0 Å². The van der Waals surface area contributed by atoms with Crippen LogP contribution in [0.25, 0.3) is 0 Å². The molecule has 2 N–H and O–H groups in total. The maximum Gasteiger partial charge on any atom is 0.325 e. The molecule has 0 amide bonds. The molecule has 1 unspecified atom stereocenters. The molecule has 1 aromatic rings. The van der Waals surface area contributed by atoms with Gasteiger partial charge in [-0.15, -0.1) is 0 Å². The highest BCUT2D eigenvalue weighted by atomic mass is 16.5. The van der Waals surface area contributed by atoms with E-state index in [-0.39, 0.29) is 18.6 Å². The Morgan fingerprint density at radius 3 is 3.17 bits per heavy atom. The third kappa shape index (κ3) is 2.59. The second-order valence-corrected chi connectivity index (χ2v) is 4.32. The van der Waals surface area contributed by atoms with E-state index in [1.165, 1.54) is 0 Å². The summed E-state index contributed by atoms with van der Waals surface area (Å²) in [4.78, 5) is 22.0. The van der Waals surface area contributed by atoms with Crippen molar-refractivity contribution in [2.24, 2.45) is 5.73 Å². The molecule has 1 aromatic heterocycles. The quantitative estimate of drug-likeness (QED) is 0.789. The van der Waals surface area contributed by atoms with Crippen LogP contribution in [0.4, 0.5) is 5.82 Å². The number of aryl methyl sites for hydroxylation is 1. The predicted octanol–water partition coefficient (Wildman–Crippen LogP) is 0.558. The molecule has 0 bridgehead atoms. The van der Waals surface area contributed by atoms with E-state index < -0.39 is 0 Å². The van der Waals surface area contributed by atoms with Gasteiger partial charge in [-0.3, -0.25) is 4.79 Å². The monoisotopic (exact) mass is 250 g/mol. The lowest BCUT2D eigenvalue weighted by atomic mass is 10.0. The first-order valence-electron chi connectivity index (χ1n) is 6.11. The summed E-state index contributed by atoms with van der Waals surface area (Å²) in [5, 5.41) is 0. The summed E-state index contributed by atoms with van der Waals surface area (Å²) in [7, 11) is 0. The highest BCUT2D eigenvalue weighted by molar-refractivity contribution is 5.76. The summed E-state index contributed by atoms with van der Waals surface area (Å²) < 4.78 is 4.96. The summed E-state index contributed by atoms with van der Waals surface area (Å²) in [5.74, 6) is 1.20. The molecule has 0 fully saturated rings. The first-order valence-corrected chi connectivity index (χ1v) is 6.11. The lowest BCUT2D eigenvalue weighted by Crippen LogP contribution is -2.38. The van der Waals surface area contributed by atoms with Crippen molar-refractivity contribution >= 4 is 11.8 Å². The van der Waals surface area contributed by atoms with Crippen LogP contribution in [0.1, 0.15) is 30.8 Å². The molecule has 1 aliphatic heterocycles. The molecule has 6 heteroatoms. The summed E-state index contributed by atoms with van der Waals surface area (Å²) in [6.07, 6.45) is 2.54. The van der Waals surface area contributed by atoms with Gasteiger partial charge in [-0.2, -0.15) is 0 Å². The molecule has 0 radical (unpaired) electrons. The van der Waals surface area contributed by atoms with Crippen LogP contribution >= 0.6 is 0 Å². The summed E-state index contributed by atoms with van der Waals surface area (Å²) in [5.41, 5.74) is 6.92. The summed E-state index contributed by atoms with van der Waals surface area (Å²) >= 11 is 0. The van der Waals surface area contributed by atoms with Crippen molar-refractivity contribution in [1.82, 2.24) is 9.97 Å². The molecule has 0 saturated heterocycles. The number of fused-ring (bicyclic) bond motifs is 1. The highest BCUT2D eigenvalue weighted by Crippen LogP contribution is 2.29. The Morgan fingerprint density at radius 1 is 1.67 bits per heavy atom. The van der Waals surface area contributed by atoms with Gasteiger partial charge in [0.2, 0.25) is 0 Å². The maximum atomic E-state index is 11.5. The van der Waals surface area contributed by atoms with Crippen LogP contribution in [0.3, 0.4) is 0 Å². The number of hydrogen-bond donors (Lipinski definition) is 1. The van der Waals surface area contributed by atoms with Gasteiger partial charge in [0.15, 0.2) is 0 Å². The van der Waals surface area contributed by atoms with Crippen LogP contribution in [0.2, 0.25) is 0 Å². The number of nitrogens with zero attached hydrogens (tertiary/aromatic N) is 3. The third-order valence-corrected chi connectivity index (χ3v) is 2.95. The molecule has 2 heterocycles. The van der Waals surface area contributed by atoms with Gasteiger partial charge in [-0.1, -0.05) is 0 Å². The number of nitrogens with two attached hydrogens (primary N) is 1. The highest BCUT2D eigenvalue weighted by Gasteiger charge is 2.26. The Kier molecular flexibility index (Phi) is 3.76. The first kappa shape index (κ1) is 12.8. The Balaban J connectivity index is 2.22. The number of aromatic nitrogens is 2. The van der Waals surface area contributed by atoms with Gasteiger partial charge in [-0.05, 0) is 20.3 Å². The Hall–Kier alpha value is -1.69. The smallest absolute Gasteiger partial charge is 0.325 e. The van der Waals surface area contributed by atoms with E-state index in [2.05, 4.69) is 9.97 Å². The molecule has 2 rings (SSSR count). The summed E-state index contributed by atoms with van der Waals surface area (Å²) in [6, 6.07) is -0.0564. The van der Waals surface area contributed by atoms with E-state index in [9.17, 15) is 4.79 Å². The van der Waals surface area contributed by atoms with Gasteiger partial charge in [0.25, 0.3) is 0 Å². The van der Waals surface area contributed by atoms with E-state index in [0.29, 0.717) is 19.0 Å². The number of anilines is 1.